The largest absolute Gasteiger partial charge is 0.387 e. The van der Waals surface area contributed by atoms with Gasteiger partial charge < -0.3 is 5.11 Å². The Hall–Kier alpha value is -0.310. The molecule has 0 saturated heterocycles. The van der Waals surface area contributed by atoms with Crippen molar-refractivity contribution in [1.29, 1.82) is 0 Å². The first-order valence-electron chi connectivity index (χ1n) is 9.25. The van der Waals surface area contributed by atoms with Gasteiger partial charge in [-0.2, -0.15) is 0 Å². The van der Waals surface area contributed by atoms with Gasteiger partial charge in [0.25, 0.3) is 0 Å². The smallest absolute Gasteiger partial charge is 0.174 e. The minimum Gasteiger partial charge on any atom is -0.387 e. The van der Waals surface area contributed by atoms with Crippen LogP contribution in [0, 0.1) is 28.6 Å². The standard InChI is InChI=1S/C20H26Cl2O2/c1-19-10-8-16(23)17(22)14(19)4-3-11-12-5-6-15(21)18(24)20(12,2)9-7-13(11)19/h6,11-13,18,24H,3-5,7-10H2,1-2H3/t11-,12-,13-,18?,19+,20-/m0/s1. The highest BCUT2D eigenvalue weighted by atomic mass is 35.5. The van der Waals surface area contributed by atoms with E-state index in [-0.39, 0.29) is 16.6 Å². The molecule has 4 rings (SSSR count). The minimum absolute atomic E-state index is 0.0607. The molecule has 24 heavy (non-hydrogen) atoms. The van der Waals surface area contributed by atoms with E-state index < -0.39 is 6.10 Å². The van der Waals surface area contributed by atoms with E-state index in [1.54, 1.807) is 0 Å². The van der Waals surface area contributed by atoms with Crippen LogP contribution in [0.2, 0.25) is 0 Å². The summed E-state index contributed by atoms with van der Waals surface area (Å²) in [5.41, 5.74) is 1.17. The van der Waals surface area contributed by atoms with Gasteiger partial charge in [0.1, 0.15) is 0 Å². The number of Topliss-reactive ketones (excluding diaryl/α,β-unsaturated/α-hetero) is 1. The third-order valence-electron chi connectivity index (χ3n) is 7.94. The molecule has 2 saturated carbocycles. The van der Waals surface area contributed by atoms with E-state index in [1.165, 1.54) is 5.57 Å². The van der Waals surface area contributed by atoms with Crippen LogP contribution in [0.3, 0.4) is 0 Å². The normalized spacial score (nSPS) is 48.4. The number of fused-ring (bicyclic) bond motifs is 5. The maximum absolute atomic E-state index is 12.1. The molecule has 4 aliphatic rings. The molecule has 0 amide bonds. The van der Waals surface area contributed by atoms with Gasteiger partial charge in [0.2, 0.25) is 0 Å². The zero-order valence-electron chi connectivity index (χ0n) is 14.4. The van der Waals surface area contributed by atoms with Crippen molar-refractivity contribution < 1.29 is 9.90 Å². The summed E-state index contributed by atoms with van der Waals surface area (Å²) < 4.78 is 0. The number of carbonyl (C=O) groups excluding carboxylic acids is 1. The molecule has 4 aliphatic carbocycles. The summed E-state index contributed by atoms with van der Waals surface area (Å²) in [6, 6.07) is 0. The van der Waals surface area contributed by atoms with Crippen LogP contribution in [0.25, 0.3) is 0 Å². The van der Waals surface area contributed by atoms with Crippen molar-refractivity contribution in [2.24, 2.45) is 28.6 Å². The Bertz CT molecular complexity index is 652. The molecule has 1 unspecified atom stereocenters. The Morgan fingerprint density at radius 2 is 1.88 bits per heavy atom. The maximum atomic E-state index is 12.1. The van der Waals surface area contributed by atoms with Gasteiger partial charge in [-0.05, 0) is 67.3 Å². The van der Waals surface area contributed by atoms with Gasteiger partial charge in [0, 0.05) is 16.9 Å². The van der Waals surface area contributed by atoms with Crippen LogP contribution in [-0.4, -0.2) is 17.0 Å². The fourth-order valence-electron chi connectivity index (χ4n) is 6.45. The summed E-state index contributed by atoms with van der Waals surface area (Å²) in [5.74, 6) is 1.76. The second kappa shape index (κ2) is 5.59. The summed E-state index contributed by atoms with van der Waals surface area (Å²) in [6.45, 7) is 4.55. The van der Waals surface area contributed by atoms with Crippen molar-refractivity contribution in [3.8, 4) is 0 Å². The molecular weight excluding hydrogens is 343 g/mol. The minimum atomic E-state index is -0.528. The summed E-state index contributed by atoms with van der Waals surface area (Å²) in [7, 11) is 0. The Morgan fingerprint density at radius 3 is 2.62 bits per heavy atom. The molecular formula is C20H26Cl2O2. The molecule has 2 nitrogen and oxygen atoms in total. The first-order chi connectivity index (χ1) is 11.3. The van der Waals surface area contributed by atoms with Crippen molar-refractivity contribution in [1.82, 2.24) is 0 Å². The van der Waals surface area contributed by atoms with Crippen molar-refractivity contribution in [2.45, 2.75) is 64.9 Å². The monoisotopic (exact) mass is 368 g/mol. The van der Waals surface area contributed by atoms with Crippen LogP contribution in [0.15, 0.2) is 21.7 Å². The Morgan fingerprint density at radius 1 is 1.12 bits per heavy atom. The van der Waals surface area contributed by atoms with Crippen molar-refractivity contribution in [3.63, 3.8) is 0 Å². The number of rotatable bonds is 0. The first-order valence-corrected chi connectivity index (χ1v) is 10.0. The van der Waals surface area contributed by atoms with Gasteiger partial charge in [-0.3, -0.25) is 4.79 Å². The topological polar surface area (TPSA) is 37.3 Å². The lowest BCUT2D eigenvalue weighted by Gasteiger charge is -2.60. The van der Waals surface area contributed by atoms with Crippen molar-refractivity contribution in [3.05, 3.63) is 21.7 Å². The Balaban J connectivity index is 1.73. The highest BCUT2D eigenvalue weighted by Crippen LogP contribution is 2.65. The number of ketones is 1. The van der Waals surface area contributed by atoms with Crippen LogP contribution in [0.1, 0.15) is 58.8 Å². The molecule has 0 spiro atoms. The summed E-state index contributed by atoms with van der Waals surface area (Å²) in [4.78, 5) is 12.1. The average molecular weight is 369 g/mol. The van der Waals surface area contributed by atoms with E-state index in [1.807, 2.05) is 6.08 Å². The molecule has 6 atom stereocenters. The summed E-state index contributed by atoms with van der Waals surface area (Å²) >= 11 is 12.7. The van der Waals surface area contributed by atoms with E-state index in [0.29, 0.717) is 34.2 Å². The maximum Gasteiger partial charge on any atom is 0.174 e. The van der Waals surface area contributed by atoms with Gasteiger partial charge in [0.05, 0.1) is 11.1 Å². The van der Waals surface area contributed by atoms with Crippen LogP contribution >= 0.6 is 23.2 Å². The van der Waals surface area contributed by atoms with Crippen molar-refractivity contribution in [2.75, 3.05) is 0 Å². The van der Waals surface area contributed by atoms with Crippen LogP contribution in [0.4, 0.5) is 0 Å². The lowest BCUT2D eigenvalue weighted by molar-refractivity contribution is -0.120. The van der Waals surface area contributed by atoms with E-state index in [4.69, 9.17) is 23.2 Å². The third kappa shape index (κ3) is 2.15. The van der Waals surface area contributed by atoms with E-state index in [9.17, 15) is 9.90 Å². The number of aliphatic hydroxyl groups is 1. The number of halogens is 2. The van der Waals surface area contributed by atoms with Gasteiger partial charge >= 0.3 is 0 Å². The van der Waals surface area contributed by atoms with E-state index >= 15 is 0 Å². The second-order valence-electron chi connectivity index (χ2n) is 8.82. The van der Waals surface area contributed by atoms with Gasteiger partial charge in [0.15, 0.2) is 5.78 Å². The molecule has 0 aromatic carbocycles. The second-order valence-corrected chi connectivity index (χ2v) is 9.63. The fourth-order valence-corrected chi connectivity index (χ4v) is 7.19. The number of aliphatic hydroxyl groups excluding tert-OH is 1. The molecule has 0 aromatic heterocycles. The van der Waals surface area contributed by atoms with Gasteiger partial charge in [-0.15, -0.1) is 0 Å². The number of hydrogen-bond donors (Lipinski definition) is 1. The first kappa shape index (κ1) is 17.1. The zero-order valence-corrected chi connectivity index (χ0v) is 16.0. The molecule has 132 valence electrons. The Kier molecular flexibility index (Phi) is 3.99. The molecule has 1 N–H and O–H groups in total. The SMILES string of the molecule is C[C@]12CCC(=O)C(Cl)=C1CC[C@@H]1[C@@H]2CC[C@]2(C)C(O)C(Cl)=CC[C@@H]12. The predicted octanol–water partition coefficient (Wildman–Crippen LogP) is 5.18. The lowest BCUT2D eigenvalue weighted by Crippen LogP contribution is -2.55. The van der Waals surface area contributed by atoms with Crippen LogP contribution in [0.5, 0.6) is 0 Å². The highest BCUT2D eigenvalue weighted by Gasteiger charge is 2.58. The van der Waals surface area contributed by atoms with Crippen LogP contribution < -0.4 is 0 Å². The van der Waals surface area contributed by atoms with Crippen LogP contribution in [-0.2, 0) is 4.79 Å². The quantitative estimate of drug-likeness (QED) is 0.639. The molecule has 0 heterocycles. The predicted molar refractivity (Wildman–Crippen MR) is 96.8 cm³/mol. The molecule has 0 aliphatic heterocycles. The summed E-state index contributed by atoms with van der Waals surface area (Å²) in [6.07, 6.45) is 8.09. The third-order valence-corrected chi connectivity index (χ3v) is 8.74. The lowest BCUT2D eigenvalue weighted by atomic mass is 9.45. The number of allylic oxidation sites excluding steroid dienone is 3. The average Bonchev–Trinajstić information content (AvgIpc) is 2.55. The highest BCUT2D eigenvalue weighted by molar-refractivity contribution is 6.43. The van der Waals surface area contributed by atoms with Gasteiger partial charge in [-0.1, -0.05) is 43.1 Å². The zero-order chi connectivity index (χ0) is 17.3. The number of carbonyl (C=O) groups is 1. The van der Waals surface area contributed by atoms with Gasteiger partial charge in [-0.25, -0.2) is 0 Å². The molecule has 0 radical (unpaired) electrons. The van der Waals surface area contributed by atoms with E-state index in [2.05, 4.69) is 13.8 Å². The van der Waals surface area contributed by atoms with Crippen molar-refractivity contribution >= 4 is 29.0 Å². The molecule has 0 aromatic rings. The Labute approximate surface area is 154 Å². The molecule has 2 fully saturated rings. The molecule has 4 heteroatoms. The number of hydrogen-bond acceptors (Lipinski definition) is 2. The fraction of sp³-hybridized carbons (Fsp3) is 0.750. The van der Waals surface area contributed by atoms with E-state index in [0.717, 1.165) is 38.5 Å². The molecule has 0 bridgehead atoms. The summed E-state index contributed by atoms with van der Waals surface area (Å²) in [5, 5.41) is 11.9.